The largest absolute Gasteiger partial charge is 0.359 e. The SMILES string of the molecule is Cc1cc(C)cc(NC(=O)C2C3C=C[C@]4(O3)C2C(=O)N(Cc2ccccc2F)C4C(=O)NC2CCCCC2)c1. The Bertz CT molecular complexity index is 1330. The molecule has 2 N–H and O–H groups in total. The Balaban J connectivity index is 1.34. The van der Waals surface area contributed by atoms with Crippen LogP contribution in [0.25, 0.3) is 0 Å². The predicted octanol–water partition coefficient (Wildman–Crippen LogP) is 4.18. The predicted molar refractivity (Wildman–Crippen MR) is 144 cm³/mol. The number of fused-ring (bicyclic) bond motifs is 1. The lowest BCUT2D eigenvalue weighted by atomic mass is 9.74. The van der Waals surface area contributed by atoms with E-state index in [1.54, 1.807) is 30.4 Å². The molecular formula is C31H34FN3O4. The lowest BCUT2D eigenvalue weighted by Gasteiger charge is -2.34. The summed E-state index contributed by atoms with van der Waals surface area (Å²) in [6.07, 6.45) is 7.96. The van der Waals surface area contributed by atoms with Crippen molar-refractivity contribution in [2.75, 3.05) is 5.32 Å². The average molecular weight is 532 g/mol. The highest BCUT2D eigenvalue weighted by molar-refractivity contribution is 6.02. The van der Waals surface area contributed by atoms with Crippen molar-refractivity contribution in [2.45, 2.75) is 76.3 Å². The first-order valence-electron chi connectivity index (χ1n) is 13.9. The molecule has 1 aliphatic carbocycles. The fourth-order valence-corrected chi connectivity index (χ4v) is 7.05. The summed E-state index contributed by atoms with van der Waals surface area (Å²) in [5.74, 6) is -3.14. The number of halogens is 1. The van der Waals surface area contributed by atoms with E-state index in [1.165, 1.54) is 11.0 Å². The van der Waals surface area contributed by atoms with Crippen molar-refractivity contribution in [3.05, 3.63) is 77.1 Å². The summed E-state index contributed by atoms with van der Waals surface area (Å²) in [6.45, 7) is 3.83. The molecule has 1 spiro atoms. The third-order valence-corrected chi connectivity index (χ3v) is 8.66. The highest BCUT2D eigenvalue weighted by Gasteiger charge is 2.72. The number of aryl methyl sites for hydroxylation is 2. The molecular weight excluding hydrogens is 497 g/mol. The van der Waals surface area contributed by atoms with Gasteiger partial charge in [0.1, 0.15) is 17.5 Å². The lowest BCUT2D eigenvalue weighted by molar-refractivity contribution is -0.142. The number of benzene rings is 2. The number of carbonyl (C=O) groups is 3. The highest BCUT2D eigenvalue weighted by atomic mass is 19.1. The van der Waals surface area contributed by atoms with Crippen molar-refractivity contribution in [2.24, 2.45) is 11.8 Å². The molecule has 3 heterocycles. The molecule has 0 radical (unpaired) electrons. The van der Waals surface area contributed by atoms with Crippen molar-refractivity contribution in [1.82, 2.24) is 10.2 Å². The van der Waals surface area contributed by atoms with E-state index >= 15 is 0 Å². The van der Waals surface area contributed by atoms with Gasteiger partial charge in [0.25, 0.3) is 0 Å². The molecule has 2 aromatic carbocycles. The number of nitrogens with zero attached hydrogens (tertiary/aromatic N) is 1. The fourth-order valence-electron chi connectivity index (χ4n) is 7.05. The fraction of sp³-hybridized carbons (Fsp3) is 0.452. The second-order valence-corrected chi connectivity index (χ2v) is 11.5. The van der Waals surface area contributed by atoms with E-state index < -0.39 is 35.4 Å². The standard InChI is InChI=1S/C31H34FN3O4/c1-18-14-19(2)16-22(15-18)34-28(36)25-24-12-13-31(39-24)26(25)30(38)35(17-20-8-6-7-11-23(20)32)27(31)29(37)33-21-9-4-3-5-10-21/h6-8,11-16,21,24-27H,3-5,9-10,17H2,1-2H3,(H,33,37)(H,34,36)/t24?,25?,26?,27?,31-/m0/s1. The minimum absolute atomic E-state index is 0.0263. The molecule has 5 atom stereocenters. The van der Waals surface area contributed by atoms with Crippen LogP contribution in [0.3, 0.4) is 0 Å². The molecule has 39 heavy (non-hydrogen) atoms. The molecule has 1 saturated carbocycles. The van der Waals surface area contributed by atoms with E-state index in [2.05, 4.69) is 10.6 Å². The average Bonchev–Trinajstić information content (AvgIpc) is 3.53. The van der Waals surface area contributed by atoms with Crippen LogP contribution in [-0.2, 0) is 25.7 Å². The van der Waals surface area contributed by atoms with Crippen LogP contribution < -0.4 is 10.6 Å². The Kier molecular flexibility index (Phi) is 6.53. The van der Waals surface area contributed by atoms with Gasteiger partial charge in [0.15, 0.2) is 0 Å². The number of carbonyl (C=O) groups excluding carboxylic acids is 3. The molecule has 3 aliphatic heterocycles. The number of hydrogen-bond donors (Lipinski definition) is 2. The number of anilines is 1. The van der Waals surface area contributed by atoms with Crippen LogP contribution in [0, 0.1) is 31.5 Å². The minimum atomic E-state index is -1.28. The number of rotatable bonds is 6. The van der Waals surface area contributed by atoms with Gasteiger partial charge in [-0.3, -0.25) is 14.4 Å². The molecule has 2 bridgehead atoms. The van der Waals surface area contributed by atoms with Gasteiger partial charge in [-0.15, -0.1) is 0 Å². The van der Waals surface area contributed by atoms with E-state index in [0.29, 0.717) is 11.3 Å². The Hall–Kier alpha value is -3.52. The Morgan fingerprint density at radius 1 is 1.05 bits per heavy atom. The van der Waals surface area contributed by atoms with Crippen LogP contribution in [0.1, 0.15) is 48.8 Å². The van der Waals surface area contributed by atoms with Crippen molar-refractivity contribution >= 4 is 23.4 Å². The van der Waals surface area contributed by atoms with Crippen LogP contribution in [-0.4, -0.2) is 46.4 Å². The summed E-state index contributed by atoms with van der Waals surface area (Å²) in [5, 5.41) is 6.14. The van der Waals surface area contributed by atoms with Gasteiger partial charge < -0.3 is 20.3 Å². The Morgan fingerprint density at radius 3 is 2.49 bits per heavy atom. The van der Waals surface area contributed by atoms with Crippen molar-refractivity contribution in [1.29, 1.82) is 0 Å². The summed E-state index contributed by atoms with van der Waals surface area (Å²) in [4.78, 5) is 43.1. The summed E-state index contributed by atoms with van der Waals surface area (Å²) in [5.41, 5.74) is 1.71. The van der Waals surface area contributed by atoms with Gasteiger partial charge in [0, 0.05) is 23.8 Å². The van der Waals surface area contributed by atoms with E-state index in [4.69, 9.17) is 4.74 Å². The molecule has 4 aliphatic rings. The van der Waals surface area contributed by atoms with Gasteiger partial charge in [0.2, 0.25) is 17.7 Å². The van der Waals surface area contributed by atoms with E-state index in [9.17, 15) is 18.8 Å². The Morgan fingerprint density at radius 2 is 1.77 bits per heavy atom. The molecule has 6 rings (SSSR count). The van der Waals surface area contributed by atoms with Gasteiger partial charge >= 0.3 is 0 Å². The number of ether oxygens (including phenoxy) is 1. The zero-order chi connectivity index (χ0) is 27.3. The van der Waals surface area contributed by atoms with Gasteiger partial charge in [-0.1, -0.05) is 55.7 Å². The molecule has 3 fully saturated rings. The van der Waals surface area contributed by atoms with E-state index in [0.717, 1.165) is 43.2 Å². The molecule has 2 aromatic rings. The molecule has 2 saturated heterocycles. The summed E-state index contributed by atoms with van der Waals surface area (Å²) >= 11 is 0. The molecule has 8 heteroatoms. The first-order valence-corrected chi connectivity index (χ1v) is 13.9. The van der Waals surface area contributed by atoms with Crippen LogP contribution in [0.2, 0.25) is 0 Å². The van der Waals surface area contributed by atoms with E-state index in [1.807, 2.05) is 32.0 Å². The number of amides is 3. The third-order valence-electron chi connectivity index (χ3n) is 8.66. The summed E-state index contributed by atoms with van der Waals surface area (Å²) in [7, 11) is 0. The van der Waals surface area contributed by atoms with Crippen LogP contribution in [0.4, 0.5) is 10.1 Å². The lowest BCUT2D eigenvalue weighted by Crippen LogP contribution is -2.56. The quantitative estimate of drug-likeness (QED) is 0.548. The maximum atomic E-state index is 14.7. The first-order chi connectivity index (χ1) is 18.8. The van der Waals surface area contributed by atoms with Crippen LogP contribution >= 0.6 is 0 Å². The monoisotopic (exact) mass is 531 g/mol. The maximum Gasteiger partial charge on any atom is 0.246 e. The van der Waals surface area contributed by atoms with Gasteiger partial charge in [-0.05, 0) is 56.0 Å². The van der Waals surface area contributed by atoms with Crippen molar-refractivity contribution in [3.8, 4) is 0 Å². The summed E-state index contributed by atoms with van der Waals surface area (Å²) < 4.78 is 21.1. The summed E-state index contributed by atoms with van der Waals surface area (Å²) in [6, 6.07) is 11.1. The topological polar surface area (TPSA) is 87.7 Å². The maximum absolute atomic E-state index is 14.7. The number of hydrogen-bond acceptors (Lipinski definition) is 4. The van der Waals surface area contributed by atoms with Crippen molar-refractivity contribution in [3.63, 3.8) is 0 Å². The van der Waals surface area contributed by atoms with Crippen molar-refractivity contribution < 1.29 is 23.5 Å². The van der Waals surface area contributed by atoms with Gasteiger partial charge in [0.05, 0.1) is 17.9 Å². The second-order valence-electron chi connectivity index (χ2n) is 11.5. The molecule has 7 nitrogen and oxygen atoms in total. The number of nitrogens with one attached hydrogen (secondary N) is 2. The Labute approximate surface area is 227 Å². The second kappa shape index (κ2) is 9.90. The third kappa shape index (κ3) is 4.44. The number of likely N-dealkylation sites (tertiary alicyclic amines) is 1. The zero-order valence-electron chi connectivity index (χ0n) is 22.3. The first kappa shape index (κ1) is 25.7. The molecule has 4 unspecified atom stereocenters. The van der Waals surface area contributed by atoms with Crippen LogP contribution in [0.5, 0.6) is 0 Å². The normalized spacial score (nSPS) is 29.5. The van der Waals surface area contributed by atoms with E-state index in [-0.39, 0.29) is 30.3 Å². The molecule has 0 aromatic heterocycles. The molecule has 3 amide bonds. The van der Waals surface area contributed by atoms with Gasteiger partial charge in [-0.2, -0.15) is 0 Å². The molecule has 204 valence electrons. The zero-order valence-corrected chi connectivity index (χ0v) is 22.3. The minimum Gasteiger partial charge on any atom is -0.359 e. The highest BCUT2D eigenvalue weighted by Crippen LogP contribution is 2.55. The van der Waals surface area contributed by atoms with Crippen LogP contribution in [0.15, 0.2) is 54.6 Å². The smallest absolute Gasteiger partial charge is 0.246 e. The van der Waals surface area contributed by atoms with Gasteiger partial charge in [-0.25, -0.2) is 4.39 Å².